The number of nitrogens with one attached hydrogen (secondary N) is 1. The van der Waals surface area contributed by atoms with E-state index in [-0.39, 0.29) is 34.9 Å². The van der Waals surface area contributed by atoms with Crippen molar-refractivity contribution >= 4 is 39.7 Å². The number of benzene rings is 2. The van der Waals surface area contributed by atoms with Crippen molar-refractivity contribution in [3.63, 3.8) is 0 Å². The molecule has 5 atom stereocenters. The van der Waals surface area contributed by atoms with E-state index in [4.69, 9.17) is 25.8 Å². The summed E-state index contributed by atoms with van der Waals surface area (Å²) >= 11 is 6.45. The van der Waals surface area contributed by atoms with E-state index in [2.05, 4.69) is 37.9 Å². The number of aromatic nitrogens is 2. The Kier molecular flexibility index (Phi) is 11.5. The van der Waals surface area contributed by atoms with Gasteiger partial charge < -0.3 is 33.0 Å². The molecule has 0 radical (unpaired) electrons. The first kappa shape index (κ1) is 35.9. The van der Waals surface area contributed by atoms with Gasteiger partial charge in [-0.15, -0.1) is 5.10 Å². The van der Waals surface area contributed by atoms with Crippen LogP contribution in [0.1, 0.15) is 70.9 Å². The lowest BCUT2D eigenvalue weighted by Crippen LogP contribution is -2.43. The second kappa shape index (κ2) is 16.0. The van der Waals surface area contributed by atoms with Crippen molar-refractivity contribution in [2.75, 3.05) is 32.3 Å². The smallest absolute Gasteiger partial charge is 0.257 e. The molecule has 1 aromatic heterocycles. The maximum absolute atomic E-state index is 13.9. The van der Waals surface area contributed by atoms with Crippen LogP contribution in [0.4, 0.5) is 5.69 Å². The number of carbonyl (C=O) groups excluding carboxylic acids is 2. The zero-order chi connectivity index (χ0) is 35.4. The molecule has 268 valence electrons. The fourth-order valence-electron chi connectivity index (χ4n) is 7.10. The molecule has 50 heavy (non-hydrogen) atoms. The largest absolute Gasteiger partial charge is 0.491 e. The van der Waals surface area contributed by atoms with Crippen molar-refractivity contribution < 1.29 is 28.0 Å². The Morgan fingerprint density at radius 1 is 1.12 bits per heavy atom. The van der Waals surface area contributed by atoms with E-state index in [0.717, 1.165) is 44.3 Å². The van der Waals surface area contributed by atoms with Crippen LogP contribution in [0.15, 0.2) is 59.1 Å². The van der Waals surface area contributed by atoms with Crippen molar-refractivity contribution in [2.45, 2.75) is 63.5 Å². The molecule has 2 bridgehead atoms. The number of ether oxygens (including phenoxy) is 3. The number of methoxy groups -OCH3 is 2. The summed E-state index contributed by atoms with van der Waals surface area (Å²) in [5.41, 5.74) is 3.65. The monoisotopic (exact) mass is 722 g/mol. The van der Waals surface area contributed by atoms with Crippen molar-refractivity contribution in [1.82, 2.24) is 15.1 Å². The Morgan fingerprint density at radius 3 is 2.72 bits per heavy atom. The Labute approximate surface area is 300 Å². The molecule has 3 heterocycles. The van der Waals surface area contributed by atoms with E-state index in [1.54, 1.807) is 26.3 Å². The van der Waals surface area contributed by atoms with E-state index in [1.165, 1.54) is 29.1 Å². The number of hydrogen-bond acceptors (Lipinski definition) is 9. The maximum atomic E-state index is 13.9. The van der Waals surface area contributed by atoms with E-state index in [1.807, 2.05) is 25.1 Å². The van der Waals surface area contributed by atoms with Crippen LogP contribution in [0.2, 0.25) is 5.02 Å². The van der Waals surface area contributed by atoms with Crippen LogP contribution in [-0.4, -0.2) is 60.4 Å². The molecule has 13 heteroatoms. The molecule has 3 aromatic rings. The molecule has 0 spiro atoms. The summed E-state index contributed by atoms with van der Waals surface area (Å²) < 4.78 is 37.2. The number of anilines is 1. The van der Waals surface area contributed by atoms with Gasteiger partial charge in [-0.05, 0) is 103 Å². The third-order valence-electron chi connectivity index (χ3n) is 10.0. The van der Waals surface area contributed by atoms with Crippen molar-refractivity contribution in [3.05, 3.63) is 82.0 Å². The molecule has 1 aliphatic carbocycles. The minimum absolute atomic E-state index is 0.115. The van der Waals surface area contributed by atoms with Crippen molar-refractivity contribution in [2.24, 2.45) is 29.2 Å². The quantitative estimate of drug-likeness (QED) is 0.240. The standard InChI is InChI=1S/C37H45ClN5O6S/c1-23-8-7-10-32(47-3)29-15-12-27(29)21-43-20-26-11-14-28(38)18-24(26)9-5-6-17-49-33-16-13-25(19-31(33)43)34(44)41-50(46)37(23)39-35(45)30-22-42(2)40-36(30)48-4/h7,10-11,13-14,16,18-19,22-23,27,29,32,37H,5-6,8-9,12,15,17,20-21H2,1-4H3,(H,39,45)/q-1/b10-7+/t23-,27-,29+,32-,37?/m0/s1. The first-order valence-electron chi connectivity index (χ1n) is 17.2. The Balaban J connectivity index is 1.42. The molecule has 2 aromatic carbocycles. The lowest BCUT2D eigenvalue weighted by Gasteiger charge is -2.43. The van der Waals surface area contributed by atoms with Gasteiger partial charge in [0.15, 0.2) is 0 Å². The van der Waals surface area contributed by atoms with Crippen LogP contribution in [0, 0.1) is 17.8 Å². The van der Waals surface area contributed by atoms with Crippen LogP contribution in [0.3, 0.4) is 0 Å². The summed E-state index contributed by atoms with van der Waals surface area (Å²) in [6, 6.07) is 11.4. The number of fused-ring (bicyclic) bond motifs is 3. The normalized spacial score (nSPS) is 25.4. The van der Waals surface area contributed by atoms with Crippen LogP contribution in [0.5, 0.6) is 11.6 Å². The highest BCUT2D eigenvalue weighted by Gasteiger charge is 2.38. The van der Waals surface area contributed by atoms with Crippen LogP contribution >= 0.6 is 11.6 Å². The van der Waals surface area contributed by atoms with Crippen LogP contribution in [-0.2, 0) is 39.6 Å². The van der Waals surface area contributed by atoms with Gasteiger partial charge in [-0.1, -0.05) is 36.7 Å². The molecule has 1 fully saturated rings. The summed E-state index contributed by atoms with van der Waals surface area (Å²) in [5, 5.41) is 6.77. The number of allylic oxidation sites excluding steroid dienone is 1. The second-order valence-corrected chi connectivity index (χ2v) is 15.1. The molecule has 3 aliphatic rings. The number of aryl methyl sites for hydroxylation is 2. The highest BCUT2D eigenvalue weighted by molar-refractivity contribution is 7.75. The molecule has 1 N–H and O–H groups in total. The van der Waals surface area contributed by atoms with Gasteiger partial charge in [0, 0.05) is 44.0 Å². The van der Waals surface area contributed by atoms with Crippen molar-refractivity contribution in [1.29, 1.82) is 0 Å². The average molecular weight is 723 g/mol. The third-order valence-corrected chi connectivity index (χ3v) is 11.6. The first-order chi connectivity index (χ1) is 24.1. The molecule has 1 unspecified atom stereocenters. The van der Waals surface area contributed by atoms with Crippen LogP contribution in [0.25, 0.3) is 0 Å². The van der Waals surface area contributed by atoms with E-state index < -0.39 is 27.8 Å². The lowest BCUT2D eigenvalue weighted by atomic mass is 9.70. The van der Waals surface area contributed by atoms with Gasteiger partial charge in [0.1, 0.15) is 11.3 Å². The molecular formula is C37H45ClN5O6S-. The number of hydrogen-bond donors (Lipinski definition) is 1. The SMILES string of the molecule is COc1nn(C)cc1C(=O)NC1[C@@H](C)C/C=C/[C@H](OC)[C@@H]2CC[C@H]2CN2Cc3ccc(Cl)cc3CCCCOc3ccc(cc32)C(=O)N=[S-]1=O. The van der Waals surface area contributed by atoms with Gasteiger partial charge in [-0.25, -0.2) is 0 Å². The topological polar surface area (TPSA) is 124 Å². The van der Waals surface area contributed by atoms with Gasteiger partial charge in [-0.2, -0.15) is 10.6 Å². The number of amides is 2. The summed E-state index contributed by atoms with van der Waals surface area (Å²) in [4.78, 5) is 29.5. The Morgan fingerprint density at radius 2 is 1.96 bits per heavy atom. The Hall–Kier alpha value is -3.87. The zero-order valence-electron chi connectivity index (χ0n) is 29.0. The minimum atomic E-state index is -2.12. The zero-order valence-corrected chi connectivity index (χ0v) is 30.5. The predicted molar refractivity (Wildman–Crippen MR) is 193 cm³/mol. The maximum Gasteiger partial charge on any atom is 0.257 e. The highest BCUT2D eigenvalue weighted by Crippen LogP contribution is 2.42. The first-order valence-corrected chi connectivity index (χ1v) is 18.7. The molecule has 0 saturated heterocycles. The van der Waals surface area contributed by atoms with Gasteiger partial charge in [0.05, 0.1) is 25.5 Å². The number of halogens is 1. The highest BCUT2D eigenvalue weighted by atomic mass is 35.5. The molecule has 2 aliphatic heterocycles. The fraction of sp³-hybridized carbons (Fsp3) is 0.486. The van der Waals surface area contributed by atoms with Gasteiger partial charge in [0.25, 0.3) is 11.8 Å². The number of rotatable bonds is 4. The second-order valence-electron chi connectivity index (χ2n) is 13.4. The van der Waals surface area contributed by atoms with Gasteiger partial charge in [-0.3, -0.25) is 14.3 Å². The summed E-state index contributed by atoms with van der Waals surface area (Å²) in [5.74, 6) is -0.0562. The predicted octanol–water partition coefficient (Wildman–Crippen LogP) is 6.48. The van der Waals surface area contributed by atoms with E-state index in [9.17, 15) is 13.8 Å². The molecule has 6 rings (SSSR count). The number of carbonyl (C=O) groups is 2. The molecule has 1 saturated carbocycles. The van der Waals surface area contributed by atoms with E-state index in [0.29, 0.717) is 36.3 Å². The molecular weight excluding hydrogens is 678 g/mol. The van der Waals surface area contributed by atoms with Crippen molar-refractivity contribution in [3.8, 4) is 11.6 Å². The average Bonchev–Trinajstić information content (AvgIpc) is 3.47. The van der Waals surface area contributed by atoms with Gasteiger partial charge >= 0.3 is 0 Å². The minimum Gasteiger partial charge on any atom is -0.491 e. The Bertz CT molecular complexity index is 1840. The third kappa shape index (κ3) is 8.03. The fourth-order valence-corrected chi connectivity index (χ4v) is 8.40. The lowest BCUT2D eigenvalue weighted by molar-refractivity contribution is 0.0133. The summed E-state index contributed by atoms with van der Waals surface area (Å²) in [7, 11) is 2.72. The molecule has 2 amide bonds. The summed E-state index contributed by atoms with van der Waals surface area (Å²) in [6.45, 7) is 3.75. The number of nitrogens with zero attached hydrogens (tertiary/aromatic N) is 4. The van der Waals surface area contributed by atoms with Crippen LogP contribution < -0.4 is 19.7 Å². The van der Waals surface area contributed by atoms with E-state index >= 15 is 0 Å². The molecule has 11 nitrogen and oxygen atoms in total. The van der Waals surface area contributed by atoms with Gasteiger partial charge in [0.2, 0.25) is 5.88 Å². The summed E-state index contributed by atoms with van der Waals surface area (Å²) in [6.07, 6.45) is 10.8.